The van der Waals surface area contributed by atoms with Gasteiger partial charge in [-0.2, -0.15) is 5.26 Å². The van der Waals surface area contributed by atoms with Gasteiger partial charge in [-0.05, 0) is 125 Å². The molecule has 0 unspecified atom stereocenters. The highest BCUT2D eigenvalue weighted by atomic mass is 35.5. The Morgan fingerprint density at radius 2 is 1.56 bits per heavy atom. The number of hydrogen-bond donors (Lipinski definition) is 1. The van der Waals surface area contributed by atoms with Crippen LogP contribution >= 0.6 is 11.6 Å². The van der Waals surface area contributed by atoms with Crippen LogP contribution in [0.1, 0.15) is 71.9 Å². The molecular weight excluding hydrogens is 670 g/mol. The van der Waals surface area contributed by atoms with Gasteiger partial charge in [0.05, 0.1) is 17.2 Å². The maximum atomic E-state index is 9.33. The molecule has 2 aliphatic rings. The molecule has 0 bridgehead atoms. The number of nitrogens with one attached hydrogen (secondary N) is 1. The monoisotopic (exact) mass is 721 g/mol. The van der Waals surface area contributed by atoms with Crippen LogP contribution < -0.4 is 19.5 Å². The number of ether oxygens (including phenoxy) is 3. The first-order chi connectivity index (χ1) is 25.4. The van der Waals surface area contributed by atoms with Crippen molar-refractivity contribution >= 4 is 11.6 Å². The first-order valence-electron chi connectivity index (χ1n) is 18.8. The van der Waals surface area contributed by atoms with Crippen LogP contribution in [-0.4, -0.2) is 67.2 Å². The second-order valence-corrected chi connectivity index (χ2v) is 14.5. The molecule has 0 spiro atoms. The van der Waals surface area contributed by atoms with Gasteiger partial charge in [-0.3, -0.25) is 9.88 Å². The van der Waals surface area contributed by atoms with Crippen molar-refractivity contribution in [3.8, 4) is 34.4 Å². The smallest absolute Gasteiger partial charge is 0.142 e. The summed E-state index contributed by atoms with van der Waals surface area (Å²) >= 11 is 6.89. The Bertz CT molecular complexity index is 1830. The molecule has 0 aliphatic carbocycles. The van der Waals surface area contributed by atoms with Gasteiger partial charge in [0.15, 0.2) is 0 Å². The molecule has 0 saturated carbocycles. The Morgan fingerprint density at radius 3 is 2.33 bits per heavy atom. The van der Waals surface area contributed by atoms with Crippen LogP contribution in [0.2, 0.25) is 5.02 Å². The molecule has 8 nitrogen and oxygen atoms in total. The number of pyridine rings is 1. The predicted octanol–water partition coefficient (Wildman–Crippen LogP) is 8.49. The second kappa shape index (κ2) is 18.6. The van der Waals surface area contributed by atoms with Gasteiger partial charge in [0.25, 0.3) is 0 Å². The molecule has 274 valence electrons. The van der Waals surface area contributed by atoms with Gasteiger partial charge in [0, 0.05) is 48.7 Å². The van der Waals surface area contributed by atoms with Crippen LogP contribution in [0.5, 0.6) is 17.2 Å². The van der Waals surface area contributed by atoms with Crippen molar-refractivity contribution in [2.45, 2.75) is 78.2 Å². The van der Waals surface area contributed by atoms with Gasteiger partial charge in [0.1, 0.15) is 36.5 Å². The average molecular weight is 722 g/mol. The highest BCUT2D eigenvalue weighted by molar-refractivity contribution is 6.32. The molecule has 6 rings (SSSR count). The maximum Gasteiger partial charge on any atom is 0.142 e. The zero-order valence-electron chi connectivity index (χ0n) is 30.9. The number of aromatic nitrogens is 1. The Kier molecular flexibility index (Phi) is 13.4. The highest BCUT2D eigenvalue weighted by Gasteiger charge is 2.19. The number of rotatable bonds is 15. The zero-order chi connectivity index (χ0) is 36.3. The standard InChI is InChI=1S/C43H52ClN5O3/c1-31-35(10-7-11-38(31)39-12-8-13-41(32(39)2)50-21-9-18-48-19-14-37(46-3)15-20-48)30-52-43-24-42(51-29-34-22-33(25-45)26-47-27-34)36(23-40(43)44)28-49-16-5-4-6-17-49/h7-8,10-13,22-24,26-27,37,46H,4-6,9,14-21,28-30H2,1-3H3. The summed E-state index contributed by atoms with van der Waals surface area (Å²) in [5.74, 6) is 2.24. The Hall–Kier alpha value is -4.13. The molecule has 1 aromatic heterocycles. The molecule has 0 radical (unpaired) electrons. The van der Waals surface area contributed by atoms with Crippen molar-refractivity contribution in [3.63, 3.8) is 0 Å². The summed E-state index contributed by atoms with van der Waals surface area (Å²) in [4.78, 5) is 9.20. The fraction of sp³-hybridized carbons (Fsp3) is 0.442. The van der Waals surface area contributed by atoms with E-state index in [4.69, 9.17) is 25.8 Å². The summed E-state index contributed by atoms with van der Waals surface area (Å²) < 4.78 is 19.2. The van der Waals surface area contributed by atoms with Gasteiger partial charge in [-0.1, -0.05) is 48.4 Å². The molecule has 52 heavy (non-hydrogen) atoms. The SMILES string of the molecule is CNC1CCN(CCCOc2cccc(-c3cccc(COc4cc(OCc5cncc(C#N)c5)c(CN5CCCCC5)cc4Cl)c3C)c2C)CC1. The van der Waals surface area contributed by atoms with Crippen LogP contribution in [0.3, 0.4) is 0 Å². The van der Waals surface area contributed by atoms with Crippen LogP contribution in [0.25, 0.3) is 11.1 Å². The molecule has 2 fully saturated rings. The van der Waals surface area contributed by atoms with Crippen LogP contribution in [0, 0.1) is 25.2 Å². The van der Waals surface area contributed by atoms with E-state index in [-0.39, 0.29) is 6.61 Å². The first kappa shape index (κ1) is 37.6. The third-order valence-electron chi connectivity index (χ3n) is 10.6. The zero-order valence-corrected chi connectivity index (χ0v) is 31.7. The Labute approximate surface area is 314 Å². The lowest BCUT2D eigenvalue weighted by Gasteiger charge is -2.31. The van der Waals surface area contributed by atoms with Crippen molar-refractivity contribution in [1.82, 2.24) is 20.1 Å². The number of halogens is 1. The van der Waals surface area contributed by atoms with Crippen LogP contribution in [-0.2, 0) is 19.8 Å². The fourth-order valence-corrected chi connectivity index (χ4v) is 7.60. The lowest BCUT2D eigenvalue weighted by Crippen LogP contribution is -2.41. The summed E-state index contributed by atoms with van der Waals surface area (Å²) in [6.07, 6.45) is 10.4. The molecule has 1 N–H and O–H groups in total. The lowest BCUT2D eigenvalue weighted by molar-refractivity contribution is 0.185. The van der Waals surface area contributed by atoms with E-state index in [1.807, 2.05) is 12.1 Å². The number of benzene rings is 3. The molecule has 2 aliphatic heterocycles. The second-order valence-electron chi connectivity index (χ2n) is 14.1. The summed E-state index contributed by atoms with van der Waals surface area (Å²) in [6, 6.07) is 21.2. The quantitative estimate of drug-likeness (QED) is 0.123. The minimum atomic E-state index is 0.287. The van der Waals surface area contributed by atoms with Gasteiger partial charge < -0.3 is 24.4 Å². The highest BCUT2D eigenvalue weighted by Crippen LogP contribution is 2.37. The minimum Gasteiger partial charge on any atom is -0.493 e. The largest absolute Gasteiger partial charge is 0.493 e. The van der Waals surface area contributed by atoms with E-state index in [1.54, 1.807) is 18.5 Å². The van der Waals surface area contributed by atoms with Crippen molar-refractivity contribution < 1.29 is 14.2 Å². The topological polar surface area (TPSA) is 82.9 Å². The predicted molar refractivity (Wildman–Crippen MR) is 208 cm³/mol. The Morgan fingerprint density at radius 1 is 0.808 bits per heavy atom. The number of piperidine rings is 2. The molecule has 4 aromatic rings. The Balaban J connectivity index is 1.13. The molecular formula is C43H52ClN5O3. The third kappa shape index (κ3) is 9.84. The molecule has 2 saturated heterocycles. The van der Waals surface area contributed by atoms with Crippen molar-refractivity contribution in [1.29, 1.82) is 5.26 Å². The average Bonchev–Trinajstić information content (AvgIpc) is 3.17. The molecule has 0 atom stereocenters. The number of hydrogen-bond acceptors (Lipinski definition) is 8. The molecule has 9 heteroatoms. The fourth-order valence-electron chi connectivity index (χ4n) is 7.36. The third-order valence-corrected chi connectivity index (χ3v) is 10.8. The minimum absolute atomic E-state index is 0.287. The van der Waals surface area contributed by atoms with Crippen LogP contribution in [0.4, 0.5) is 0 Å². The maximum absolute atomic E-state index is 9.33. The van der Waals surface area contributed by atoms with Crippen molar-refractivity contribution in [2.75, 3.05) is 46.4 Å². The number of likely N-dealkylation sites (tertiary alicyclic amines) is 2. The van der Waals surface area contributed by atoms with E-state index in [2.05, 4.69) is 83.5 Å². The van der Waals surface area contributed by atoms with Crippen LogP contribution in [0.15, 0.2) is 67.0 Å². The summed E-state index contributed by atoms with van der Waals surface area (Å²) in [6.45, 7) is 11.9. The summed E-state index contributed by atoms with van der Waals surface area (Å²) in [5.41, 5.74) is 8.07. The molecule has 0 amide bonds. The molecule has 3 heterocycles. The summed E-state index contributed by atoms with van der Waals surface area (Å²) in [7, 11) is 2.06. The number of nitrogens with zero attached hydrogens (tertiary/aromatic N) is 4. The van der Waals surface area contributed by atoms with Gasteiger partial charge in [-0.15, -0.1) is 0 Å². The van der Waals surface area contributed by atoms with Gasteiger partial charge >= 0.3 is 0 Å². The normalized spacial score (nSPS) is 15.7. The lowest BCUT2D eigenvalue weighted by atomic mass is 9.93. The molecule has 3 aromatic carbocycles. The summed E-state index contributed by atoms with van der Waals surface area (Å²) in [5, 5.41) is 13.3. The van der Waals surface area contributed by atoms with E-state index in [9.17, 15) is 5.26 Å². The first-order valence-corrected chi connectivity index (χ1v) is 19.1. The van der Waals surface area contributed by atoms with E-state index in [0.717, 1.165) is 96.1 Å². The van der Waals surface area contributed by atoms with Gasteiger partial charge in [0.2, 0.25) is 0 Å². The van der Waals surface area contributed by atoms with E-state index in [1.165, 1.54) is 32.1 Å². The van der Waals surface area contributed by atoms with E-state index in [0.29, 0.717) is 35.6 Å². The number of nitriles is 1. The van der Waals surface area contributed by atoms with E-state index < -0.39 is 0 Å². The van der Waals surface area contributed by atoms with Crippen molar-refractivity contribution in [3.05, 3.63) is 105 Å². The van der Waals surface area contributed by atoms with Gasteiger partial charge in [-0.25, -0.2) is 0 Å². The van der Waals surface area contributed by atoms with Crippen molar-refractivity contribution in [2.24, 2.45) is 0 Å². The van der Waals surface area contributed by atoms with E-state index >= 15 is 0 Å².